The van der Waals surface area contributed by atoms with Crippen molar-refractivity contribution in [2.24, 2.45) is 5.41 Å². The zero-order valence-corrected chi connectivity index (χ0v) is 37.4. The number of hydrogen-bond donors (Lipinski definition) is 3. The third-order valence-electron chi connectivity index (χ3n) is 12.4. The molecule has 1 saturated heterocycles. The molecule has 13 heteroatoms. The molecule has 1 aromatic heterocycles. The zero-order chi connectivity index (χ0) is 43.7. The number of allylic oxidation sites excluding steroid dienone is 1. The second-order valence-corrected chi connectivity index (χ2v) is 19.6. The minimum Gasteiger partial charge on any atom is -0.456 e. The molecule has 0 bridgehead atoms. The monoisotopic (exact) mass is 885 g/mol. The molecule has 0 saturated carbocycles. The van der Waals surface area contributed by atoms with Crippen LogP contribution in [0.25, 0.3) is 16.5 Å². The Balaban J connectivity index is 0.893. The lowest BCUT2D eigenvalue weighted by molar-refractivity contribution is 0.0979. The maximum atomic E-state index is 14.0. The number of sulfonamides is 1. The average Bonchev–Trinajstić information content (AvgIpc) is 3.95. The molecule has 3 heterocycles. The van der Waals surface area contributed by atoms with E-state index in [9.17, 15) is 13.2 Å². The van der Waals surface area contributed by atoms with E-state index >= 15 is 0 Å². The van der Waals surface area contributed by atoms with Crippen LogP contribution in [0.2, 0.25) is 5.02 Å². The molecule has 63 heavy (non-hydrogen) atoms. The molecule has 9 rings (SSSR count). The van der Waals surface area contributed by atoms with Gasteiger partial charge >= 0.3 is 0 Å². The molecule has 0 radical (unpaired) electrons. The summed E-state index contributed by atoms with van der Waals surface area (Å²) in [5.74, 6) is 1.48. The van der Waals surface area contributed by atoms with Gasteiger partial charge in [0.2, 0.25) is 6.79 Å². The maximum Gasteiger partial charge on any atom is 0.268 e. The van der Waals surface area contributed by atoms with Gasteiger partial charge in [0.05, 0.1) is 10.5 Å². The number of fused-ring (bicyclic) bond motifs is 2. The van der Waals surface area contributed by atoms with Gasteiger partial charge in [0.1, 0.15) is 11.5 Å². The number of rotatable bonds is 13. The van der Waals surface area contributed by atoms with Crippen LogP contribution >= 0.6 is 11.6 Å². The number of piperazine rings is 1. The molecule has 5 aromatic carbocycles. The summed E-state index contributed by atoms with van der Waals surface area (Å²) in [6.45, 7) is 11.6. The summed E-state index contributed by atoms with van der Waals surface area (Å²) in [6, 6.07) is 31.9. The number of H-pyrrole nitrogens is 1. The third-order valence-corrected chi connectivity index (χ3v) is 14.0. The van der Waals surface area contributed by atoms with Crippen molar-refractivity contribution in [3.63, 3.8) is 0 Å². The van der Waals surface area contributed by atoms with Crippen LogP contribution in [0.4, 0.5) is 11.4 Å². The smallest absolute Gasteiger partial charge is 0.268 e. The number of carbonyl (C=O) groups is 1. The summed E-state index contributed by atoms with van der Waals surface area (Å²) in [4.78, 5) is 22.0. The number of hydrogen-bond acceptors (Lipinski definition) is 9. The summed E-state index contributed by atoms with van der Waals surface area (Å²) in [6.07, 6.45) is 5.86. The van der Waals surface area contributed by atoms with Gasteiger partial charge in [0, 0.05) is 78.8 Å². The molecule has 6 aromatic rings. The van der Waals surface area contributed by atoms with E-state index in [1.807, 2.05) is 79.9 Å². The van der Waals surface area contributed by atoms with E-state index in [2.05, 4.69) is 50.8 Å². The van der Waals surface area contributed by atoms with E-state index in [1.165, 1.54) is 22.8 Å². The van der Waals surface area contributed by atoms with Crippen molar-refractivity contribution in [1.29, 1.82) is 0 Å². The molecule has 3 N–H and O–H groups in total. The van der Waals surface area contributed by atoms with Gasteiger partial charge in [-0.2, -0.15) is 0 Å². The highest BCUT2D eigenvalue weighted by molar-refractivity contribution is 7.90. The van der Waals surface area contributed by atoms with Crippen LogP contribution in [0, 0.1) is 12.3 Å². The van der Waals surface area contributed by atoms with Crippen LogP contribution < -0.4 is 29.1 Å². The molecule has 0 unspecified atom stereocenters. The molecule has 3 aliphatic rings. The minimum atomic E-state index is -4.24. The van der Waals surface area contributed by atoms with Gasteiger partial charge in [-0.3, -0.25) is 9.69 Å². The summed E-state index contributed by atoms with van der Waals surface area (Å²) in [5.41, 5.74) is 9.01. The lowest BCUT2D eigenvalue weighted by atomic mass is 9.72. The SMILES string of the molecule is Cc1cc(S(=O)(=O)NC(=O)c2ccc(N3CCN(CC4=C(c5ccc(Cl)cc5)CC(C)(C)CC4)CC3)cc2Oc2ccc3[nH]ccc3c2)ccc1NCCc1ccc2c(c1)OCO2. The fraction of sp³-hybridized carbons (Fsp3) is 0.300. The van der Waals surface area contributed by atoms with Crippen LogP contribution in [0.5, 0.6) is 23.0 Å². The molecular weight excluding hydrogens is 834 g/mol. The molecule has 0 atom stereocenters. The quantitative estimate of drug-likeness (QED) is 0.104. The van der Waals surface area contributed by atoms with Crippen LogP contribution in [-0.2, 0) is 16.4 Å². The van der Waals surface area contributed by atoms with Gasteiger partial charge in [-0.1, -0.05) is 49.2 Å². The van der Waals surface area contributed by atoms with Crippen molar-refractivity contribution in [3.05, 3.63) is 142 Å². The second-order valence-electron chi connectivity index (χ2n) is 17.5. The van der Waals surface area contributed by atoms with Crippen LogP contribution in [0.3, 0.4) is 0 Å². The van der Waals surface area contributed by atoms with E-state index in [-0.39, 0.29) is 28.4 Å². The van der Waals surface area contributed by atoms with Gasteiger partial charge in [-0.05, 0) is 139 Å². The molecule has 2 aliphatic heterocycles. The van der Waals surface area contributed by atoms with Crippen molar-refractivity contribution >= 4 is 55.4 Å². The lowest BCUT2D eigenvalue weighted by Gasteiger charge is -2.39. The molecular formula is C50H52ClN5O6S. The van der Waals surface area contributed by atoms with E-state index in [1.54, 1.807) is 18.2 Å². The van der Waals surface area contributed by atoms with Crippen LogP contribution in [-0.4, -0.2) is 70.3 Å². The average molecular weight is 887 g/mol. The normalized spacial score (nSPS) is 16.3. The van der Waals surface area contributed by atoms with Gasteiger partial charge in [-0.15, -0.1) is 0 Å². The van der Waals surface area contributed by atoms with Gasteiger partial charge in [0.15, 0.2) is 11.5 Å². The molecule has 1 aliphatic carbocycles. The van der Waals surface area contributed by atoms with Gasteiger partial charge < -0.3 is 29.4 Å². The van der Waals surface area contributed by atoms with Crippen LogP contribution in [0.15, 0.2) is 120 Å². The van der Waals surface area contributed by atoms with E-state index in [0.29, 0.717) is 12.3 Å². The number of nitrogens with zero attached hydrogens (tertiary/aromatic N) is 2. The maximum absolute atomic E-state index is 14.0. The number of carbonyl (C=O) groups excluding carboxylic acids is 1. The summed E-state index contributed by atoms with van der Waals surface area (Å²) < 4.78 is 47.2. The highest BCUT2D eigenvalue weighted by Crippen LogP contribution is 2.43. The Morgan fingerprint density at radius 3 is 2.51 bits per heavy atom. The summed E-state index contributed by atoms with van der Waals surface area (Å²) >= 11 is 6.26. The number of aryl methyl sites for hydroxylation is 1. The minimum absolute atomic E-state index is 0.0162. The Kier molecular flexibility index (Phi) is 11.9. The van der Waals surface area contributed by atoms with Crippen molar-refractivity contribution in [1.82, 2.24) is 14.6 Å². The Morgan fingerprint density at radius 1 is 0.889 bits per heavy atom. The first-order valence-electron chi connectivity index (χ1n) is 21.5. The highest BCUT2D eigenvalue weighted by Gasteiger charge is 2.30. The number of amides is 1. The molecule has 1 fully saturated rings. The van der Waals surface area contributed by atoms with Crippen molar-refractivity contribution in [2.75, 3.05) is 56.3 Å². The van der Waals surface area contributed by atoms with E-state index < -0.39 is 15.9 Å². The van der Waals surface area contributed by atoms with Crippen molar-refractivity contribution in [2.45, 2.75) is 51.3 Å². The Labute approximate surface area is 374 Å². The number of anilines is 2. The zero-order valence-electron chi connectivity index (χ0n) is 35.8. The second kappa shape index (κ2) is 17.7. The van der Waals surface area contributed by atoms with E-state index in [0.717, 1.165) is 108 Å². The standard InChI is InChI=1S/C50H52ClN5O6S/c1-33-26-41(11-14-44(33)52-20-17-34-4-15-46-48(27-34)61-32-60-46)63(58,59)54-49(57)42-12-9-39(29-47(42)62-40-10-13-45-36(28-40)18-21-53-45)56-24-22-55(23-25-56)31-37-16-19-50(2,3)30-43(37)35-5-7-38(51)8-6-35/h4-15,18,21,26-29,52-53H,16-17,19-20,22-25,30-32H2,1-3H3,(H,54,57). The Bertz CT molecular complexity index is 2810. The fourth-order valence-corrected chi connectivity index (χ4v) is 9.95. The number of benzene rings is 5. The van der Waals surface area contributed by atoms with Crippen LogP contribution in [0.1, 0.15) is 60.2 Å². The summed E-state index contributed by atoms with van der Waals surface area (Å²) in [7, 11) is -4.24. The molecule has 11 nitrogen and oxygen atoms in total. The number of ether oxygens (including phenoxy) is 3. The predicted octanol–water partition coefficient (Wildman–Crippen LogP) is 10.2. The number of halogens is 1. The first-order valence-corrected chi connectivity index (χ1v) is 23.4. The number of nitrogens with one attached hydrogen (secondary N) is 3. The van der Waals surface area contributed by atoms with Crippen molar-refractivity contribution in [3.8, 4) is 23.0 Å². The van der Waals surface area contributed by atoms with Gasteiger partial charge in [0.25, 0.3) is 15.9 Å². The Hall–Kier alpha value is -5.95. The fourth-order valence-electron chi connectivity index (χ4n) is 8.78. The predicted molar refractivity (Wildman–Crippen MR) is 250 cm³/mol. The number of aromatic nitrogens is 1. The van der Waals surface area contributed by atoms with Crippen molar-refractivity contribution < 1.29 is 27.4 Å². The first-order chi connectivity index (χ1) is 30.4. The number of aromatic amines is 1. The largest absolute Gasteiger partial charge is 0.456 e. The topological polar surface area (TPSA) is 125 Å². The summed E-state index contributed by atoms with van der Waals surface area (Å²) in [5, 5.41) is 5.09. The first kappa shape index (κ1) is 42.4. The highest BCUT2D eigenvalue weighted by atomic mass is 35.5. The Morgan fingerprint density at radius 2 is 1.70 bits per heavy atom. The molecule has 326 valence electrons. The molecule has 1 amide bonds. The third kappa shape index (κ3) is 9.68. The lowest BCUT2D eigenvalue weighted by Crippen LogP contribution is -2.47. The van der Waals surface area contributed by atoms with Gasteiger partial charge in [-0.25, -0.2) is 13.1 Å². The molecule has 0 spiro atoms. The van der Waals surface area contributed by atoms with E-state index in [4.69, 9.17) is 25.8 Å².